The van der Waals surface area contributed by atoms with E-state index in [1.165, 1.54) is 19.3 Å². The van der Waals surface area contributed by atoms with Gasteiger partial charge < -0.3 is 15.1 Å². The quantitative estimate of drug-likeness (QED) is 0.873. The maximum Gasteiger partial charge on any atom is 0.322 e. The largest absolute Gasteiger partial charge is 0.370 e. The molecule has 4 fully saturated rings. The van der Waals surface area contributed by atoms with Gasteiger partial charge in [0.05, 0.1) is 10.7 Å². The summed E-state index contributed by atoms with van der Waals surface area (Å²) in [5.41, 5.74) is 1.89. The van der Waals surface area contributed by atoms with Crippen molar-refractivity contribution in [1.29, 1.82) is 0 Å². The minimum atomic E-state index is 0.0489. The zero-order valence-electron chi connectivity index (χ0n) is 13.6. The first-order valence-corrected chi connectivity index (χ1v) is 9.13. The summed E-state index contributed by atoms with van der Waals surface area (Å²) in [6.45, 7) is 4.38. The second-order valence-corrected chi connectivity index (χ2v) is 7.72. The zero-order valence-corrected chi connectivity index (χ0v) is 14.4. The number of amides is 2. The highest BCUT2D eigenvalue weighted by Crippen LogP contribution is 2.41. The van der Waals surface area contributed by atoms with E-state index in [2.05, 4.69) is 17.1 Å². The normalized spacial score (nSPS) is 29.4. The Kier molecular flexibility index (Phi) is 3.88. The number of carbonyl (C=O) groups excluding carboxylic acids is 1. The van der Waals surface area contributed by atoms with Gasteiger partial charge in [-0.05, 0) is 56.2 Å². The van der Waals surface area contributed by atoms with Gasteiger partial charge in [0.1, 0.15) is 0 Å². The molecule has 1 aromatic carbocycles. The summed E-state index contributed by atoms with van der Waals surface area (Å²) in [5.74, 6) is 0.750. The van der Waals surface area contributed by atoms with Crippen molar-refractivity contribution in [3.63, 3.8) is 0 Å². The Morgan fingerprint density at radius 2 is 1.87 bits per heavy atom. The van der Waals surface area contributed by atoms with Gasteiger partial charge in [-0.25, -0.2) is 4.79 Å². The molecular weight excluding hydrogens is 310 g/mol. The number of benzene rings is 1. The van der Waals surface area contributed by atoms with Crippen LogP contribution in [-0.4, -0.2) is 36.1 Å². The number of urea groups is 1. The van der Waals surface area contributed by atoms with Crippen molar-refractivity contribution >= 4 is 29.0 Å². The number of nitrogens with one attached hydrogen (secondary N) is 1. The molecule has 1 aliphatic carbocycles. The topological polar surface area (TPSA) is 35.6 Å². The lowest BCUT2D eigenvalue weighted by molar-refractivity contribution is -0.00600. The predicted octanol–water partition coefficient (Wildman–Crippen LogP) is 4.34. The Morgan fingerprint density at radius 3 is 2.57 bits per heavy atom. The van der Waals surface area contributed by atoms with Crippen molar-refractivity contribution in [2.24, 2.45) is 5.92 Å². The Morgan fingerprint density at radius 1 is 1.17 bits per heavy atom. The first-order chi connectivity index (χ1) is 11.1. The molecule has 1 saturated carbocycles. The molecule has 124 valence electrons. The molecule has 4 nitrogen and oxygen atoms in total. The first-order valence-electron chi connectivity index (χ1n) is 8.75. The second kappa shape index (κ2) is 5.90. The molecule has 4 aliphatic rings. The molecule has 1 N–H and O–H groups in total. The van der Waals surface area contributed by atoms with E-state index < -0.39 is 0 Å². The third-order valence-corrected chi connectivity index (χ3v) is 5.88. The molecule has 5 rings (SSSR count). The Bertz CT molecular complexity index is 602. The van der Waals surface area contributed by atoms with Crippen molar-refractivity contribution in [2.45, 2.75) is 51.1 Å². The molecule has 1 aromatic rings. The molecular formula is C18H24ClN3O. The summed E-state index contributed by atoms with van der Waals surface area (Å²) in [4.78, 5) is 17.0. The Labute approximate surface area is 142 Å². The molecule has 3 heterocycles. The molecule has 3 saturated heterocycles. The highest BCUT2D eigenvalue weighted by molar-refractivity contribution is 6.33. The predicted molar refractivity (Wildman–Crippen MR) is 94.3 cm³/mol. The van der Waals surface area contributed by atoms with Crippen LogP contribution in [-0.2, 0) is 0 Å². The number of carbonyl (C=O) groups is 1. The van der Waals surface area contributed by atoms with Crippen molar-refractivity contribution in [3.8, 4) is 0 Å². The van der Waals surface area contributed by atoms with Crippen LogP contribution < -0.4 is 10.2 Å². The fourth-order valence-electron chi connectivity index (χ4n) is 4.46. The summed E-state index contributed by atoms with van der Waals surface area (Å²) in [5, 5.41) is 3.84. The molecule has 2 unspecified atom stereocenters. The fourth-order valence-corrected chi connectivity index (χ4v) is 4.69. The average molecular weight is 334 g/mol. The number of halogens is 1. The SMILES string of the molecule is CC1CC2CC(C1)N2C(=O)Nc1ccc(Cl)c(N2CCCC2)c1. The lowest BCUT2D eigenvalue weighted by atomic mass is 9.74. The van der Waals surface area contributed by atoms with Gasteiger partial charge in [-0.1, -0.05) is 18.5 Å². The minimum Gasteiger partial charge on any atom is -0.370 e. The lowest BCUT2D eigenvalue weighted by Crippen LogP contribution is -2.63. The van der Waals surface area contributed by atoms with E-state index in [0.717, 1.165) is 48.2 Å². The van der Waals surface area contributed by atoms with Crippen molar-refractivity contribution < 1.29 is 4.79 Å². The van der Waals surface area contributed by atoms with Crippen molar-refractivity contribution in [3.05, 3.63) is 23.2 Å². The number of nitrogens with zero attached hydrogens (tertiary/aromatic N) is 2. The maximum atomic E-state index is 12.6. The molecule has 0 radical (unpaired) electrons. The number of piperidine rings is 1. The van der Waals surface area contributed by atoms with Gasteiger partial charge in [-0.15, -0.1) is 0 Å². The summed E-state index contributed by atoms with van der Waals surface area (Å²) < 4.78 is 0. The Balaban J connectivity index is 1.46. The Hall–Kier alpha value is -1.42. The smallest absolute Gasteiger partial charge is 0.322 e. The molecule has 5 heteroatoms. The number of hydrogen-bond donors (Lipinski definition) is 1. The standard InChI is InChI=1S/C18H24ClN3O/c1-12-8-14-11-15(9-12)22(14)18(23)20-13-4-5-16(19)17(10-13)21-6-2-3-7-21/h4-5,10,12,14-15H,2-3,6-9,11H2,1H3,(H,20,23). The van der Waals surface area contributed by atoms with Gasteiger partial charge >= 0.3 is 6.03 Å². The average Bonchev–Trinajstić information content (AvgIpc) is 3.02. The number of anilines is 2. The molecule has 2 atom stereocenters. The molecule has 2 bridgehead atoms. The molecule has 0 spiro atoms. The van der Waals surface area contributed by atoms with Gasteiger partial charge in [-0.3, -0.25) is 0 Å². The van der Waals surface area contributed by atoms with Crippen LogP contribution >= 0.6 is 11.6 Å². The van der Waals surface area contributed by atoms with E-state index in [-0.39, 0.29) is 6.03 Å². The van der Waals surface area contributed by atoms with E-state index in [4.69, 9.17) is 11.6 Å². The third-order valence-electron chi connectivity index (χ3n) is 5.56. The molecule has 3 aliphatic heterocycles. The van der Waals surface area contributed by atoms with Gasteiger partial charge in [0.25, 0.3) is 0 Å². The van der Waals surface area contributed by atoms with E-state index in [0.29, 0.717) is 12.1 Å². The minimum absolute atomic E-state index is 0.0489. The second-order valence-electron chi connectivity index (χ2n) is 7.32. The van der Waals surface area contributed by atoms with E-state index in [1.54, 1.807) is 0 Å². The van der Waals surface area contributed by atoms with E-state index >= 15 is 0 Å². The molecule has 0 aromatic heterocycles. The van der Waals surface area contributed by atoms with Crippen LogP contribution in [0.15, 0.2) is 18.2 Å². The highest BCUT2D eigenvalue weighted by atomic mass is 35.5. The summed E-state index contributed by atoms with van der Waals surface area (Å²) in [6, 6.07) is 6.74. The fraction of sp³-hybridized carbons (Fsp3) is 0.611. The van der Waals surface area contributed by atoms with Crippen LogP contribution in [0.4, 0.5) is 16.2 Å². The van der Waals surface area contributed by atoms with Crippen molar-refractivity contribution in [2.75, 3.05) is 23.3 Å². The summed E-state index contributed by atoms with van der Waals surface area (Å²) in [7, 11) is 0. The van der Waals surface area contributed by atoms with Crippen LogP contribution in [0, 0.1) is 5.92 Å². The van der Waals surface area contributed by atoms with E-state index in [1.807, 2.05) is 23.1 Å². The maximum absolute atomic E-state index is 12.6. The van der Waals surface area contributed by atoms with Crippen LogP contribution in [0.2, 0.25) is 5.02 Å². The number of hydrogen-bond acceptors (Lipinski definition) is 2. The van der Waals surface area contributed by atoms with Gasteiger partial charge in [0.2, 0.25) is 0 Å². The highest BCUT2D eigenvalue weighted by Gasteiger charge is 2.46. The van der Waals surface area contributed by atoms with Crippen LogP contribution in [0.1, 0.15) is 39.0 Å². The van der Waals surface area contributed by atoms with Gasteiger partial charge in [0, 0.05) is 30.9 Å². The first kappa shape index (κ1) is 15.1. The van der Waals surface area contributed by atoms with E-state index in [9.17, 15) is 4.79 Å². The molecule has 2 amide bonds. The lowest BCUT2D eigenvalue weighted by Gasteiger charge is -2.54. The van der Waals surface area contributed by atoms with Crippen molar-refractivity contribution in [1.82, 2.24) is 4.90 Å². The van der Waals surface area contributed by atoms with Crippen LogP contribution in [0.3, 0.4) is 0 Å². The number of fused-ring (bicyclic) bond motifs is 2. The monoisotopic (exact) mass is 333 g/mol. The molecule has 23 heavy (non-hydrogen) atoms. The van der Waals surface area contributed by atoms with Gasteiger partial charge in [-0.2, -0.15) is 0 Å². The van der Waals surface area contributed by atoms with Gasteiger partial charge in [0.15, 0.2) is 0 Å². The zero-order chi connectivity index (χ0) is 16.0. The summed E-state index contributed by atoms with van der Waals surface area (Å²) >= 11 is 6.34. The third kappa shape index (κ3) is 2.78. The van der Waals surface area contributed by atoms with Crippen LogP contribution in [0.5, 0.6) is 0 Å². The number of rotatable bonds is 2. The van der Waals surface area contributed by atoms with Crippen LogP contribution in [0.25, 0.3) is 0 Å². The summed E-state index contributed by atoms with van der Waals surface area (Å²) in [6.07, 6.45) is 5.88.